The molecule has 0 atom stereocenters. The summed E-state index contributed by atoms with van der Waals surface area (Å²) in [5.74, 6) is 0.0526. The number of pyridine rings is 1. The van der Waals surface area contributed by atoms with Crippen molar-refractivity contribution in [1.29, 1.82) is 5.26 Å². The maximum atomic E-state index is 12.5. The summed E-state index contributed by atoms with van der Waals surface area (Å²) in [5.41, 5.74) is 4.48. The zero-order valence-corrected chi connectivity index (χ0v) is 13.9. The third-order valence-corrected chi connectivity index (χ3v) is 4.30. The Bertz CT molecular complexity index is 1130. The number of rotatable bonds is 5. The summed E-state index contributed by atoms with van der Waals surface area (Å²) in [5, 5.41) is 17.0. The van der Waals surface area contributed by atoms with Crippen molar-refractivity contribution in [3.05, 3.63) is 71.5 Å². The molecule has 6 nitrogen and oxygen atoms in total. The van der Waals surface area contributed by atoms with Crippen LogP contribution in [0.1, 0.15) is 27.9 Å². The SMILES string of the molecule is N#Cc1cccc(CCC(=O)c2c[nH]c(-c3[nH]nc4ncccc34)c2)c1. The third-order valence-electron chi connectivity index (χ3n) is 4.30. The highest BCUT2D eigenvalue weighted by Gasteiger charge is 2.13. The highest BCUT2D eigenvalue weighted by molar-refractivity contribution is 5.98. The molecule has 0 spiro atoms. The lowest BCUT2D eigenvalue weighted by molar-refractivity contribution is 0.0983. The van der Waals surface area contributed by atoms with Gasteiger partial charge in [0.25, 0.3) is 0 Å². The van der Waals surface area contributed by atoms with E-state index in [1.54, 1.807) is 18.5 Å². The number of aryl methyl sites for hydroxylation is 1. The standard InChI is InChI=1S/C20H15N5O/c21-11-14-4-1-3-13(9-14)6-7-18(26)15-10-17(23-12-15)19-16-5-2-8-22-20(16)25-24-19/h1-5,8-10,12,23H,6-7H2,(H,22,24,25). The molecule has 26 heavy (non-hydrogen) atoms. The second-order valence-electron chi connectivity index (χ2n) is 6.01. The monoisotopic (exact) mass is 341 g/mol. The van der Waals surface area contributed by atoms with Crippen molar-refractivity contribution in [3.8, 4) is 17.5 Å². The zero-order chi connectivity index (χ0) is 17.9. The highest BCUT2D eigenvalue weighted by Crippen LogP contribution is 2.25. The number of hydrogen-bond donors (Lipinski definition) is 2. The Morgan fingerprint density at radius 1 is 1.19 bits per heavy atom. The number of nitrogens with one attached hydrogen (secondary N) is 2. The largest absolute Gasteiger partial charge is 0.359 e. The maximum Gasteiger partial charge on any atom is 0.181 e. The predicted octanol–water partition coefficient (Wildman–Crippen LogP) is 3.64. The summed E-state index contributed by atoms with van der Waals surface area (Å²) >= 11 is 0. The Morgan fingerprint density at radius 3 is 3.00 bits per heavy atom. The molecule has 0 fully saturated rings. The van der Waals surface area contributed by atoms with E-state index >= 15 is 0 Å². The molecule has 0 amide bonds. The molecular formula is C20H15N5O. The van der Waals surface area contributed by atoms with Crippen molar-refractivity contribution in [2.45, 2.75) is 12.8 Å². The highest BCUT2D eigenvalue weighted by atomic mass is 16.1. The second kappa shape index (κ2) is 6.65. The van der Waals surface area contributed by atoms with Gasteiger partial charge in [0.2, 0.25) is 0 Å². The Kier molecular flexibility index (Phi) is 4.04. The lowest BCUT2D eigenvalue weighted by Crippen LogP contribution is -1.99. The summed E-state index contributed by atoms with van der Waals surface area (Å²) in [6.07, 6.45) is 4.40. The van der Waals surface area contributed by atoms with Gasteiger partial charge in [-0.2, -0.15) is 10.4 Å². The molecule has 0 aliphatic carbocycles. The fourth-order valence-electron chi connectivity index (χ4n) is 2.95. The smallest absolute Gasteiger partial charge is 0.181 e. The fourth-order valence-corrected chi connectivity index (χ4v) is 2.95. The van der Waals surface area contributed by atoms with Gasteiger partial charge in [-0.1, -0.05) is 12.1 Å². The van der Waals surface area contributed by atoms with Crippen LogP contribution in [0.5, 0.6) is 0 Å². The summed E-state index contributed by atoms with van der Waals surface area (Å²) in [6, 6.07) is 15.1. The Morgan fingerprint density at radius 2 is 2.12 bits per heavy atom. The molecule has 1 aromatic carbocycles. The molecule has 0 aliphatic rings. The normalized spacial score (nSPS) is 10.7. The van der Waals surface area contributed by atoms with Gasteiger partial charge < -0.3 is 4.98 Å². The zero-order valence-electron chi connectivity index (χ0n) is 13.9. The quantitative estimate of drug-likeness (QED) is 0.541. The van der Waals surface area contributed by atoms with Crippen molar-refractivity contribution >= 4 is 16.8 Å². The molecule has 0 saturated carbocycles. The van der Waals surface area contributed by atoms with Crippen molar-refractivity contribution < 1.29 is 4.79 Å². The molecule has 3 aromatic heterocycles. The number of carbonyl (C=O) groups is 1. The van der Waals surface area contributed by atoms with Crippen molar-refractivity contribution in [3.63, 3.8) is 0 Å². The summed E-state index contributed by atoms with van der Waals surface area (Å²) in [7, 11) is 0. The number of aromatic amines is 2. The van der Waals surface area contributed by atoms with Crippen LogP contribution >= 0.6 is 0 Å². The van der Waals surface area contributed by atoms with Crippen LogP contribution in [0.3, 0.4) is 0 Å². The molecule has 6 heteroatoms. The number of benzene rings is 1. The van der Waals surface area contributed by atoms with Crippen LogP contribution in [-0.2, 0) is 6.42 Å². The minimum atomic E-state index is 0.0526. The lowest BCUT2D eigenvalue weighted by atomic mass is 10.0. The van der Waals surface area contributed by atoms with Gasteiger partial charge >= 0.3 is 0 Å². The first kappa shape index (κ1) is 15.8. The van der Waals surface area contributed by atoms with Crippen LogP contribution in [0.4, 0.5) is 0 Å². The van der Waals surface area contributed by atoms with E-state index in [0.29, 0.717) is 29.6 Å². The Balaban J connectivity index is 1.50. The number of H-pyrrole nitrogens is 2. The molecule has 0 unspecified atom stereocenters. The molecule has 4 aromatic rings. The van der Waals surface area contributed by atoms with Crippen molar-refractivity contribution in [1.82, 2.24) is 20.2 Å². The number of fused-ring (bicyclic) bond motifs is 1. The van der Waals surface area contributed by atoms with Crippen LogP contribution in [0, 0.1) is 11.3 Å². The van der Waals surface area contributed by atoms with Gasteiger partial charge in [0, 0.05) is 29.8 Å². The molecule has 0 bridgehead atoms. The van der Waals surface area contributed by atoms with E-state index in [-0.39, 0.29) is 5.78 Å². The van der Waals surface area contributed by atoms with Crippen molar-refractivity contribution in [2.75, 3.05) is 0 Å². The van der Waals surface area contributed by atoms with Crippen LogP contribution in [0.25, 0.3) is 22.4 Å². The van der Waals surface area contributed by atoms with E-state index in [1.165, 1.54) is 0 Å². The van der Waals surface area contributed by atoms with Crippen LogP contribution in [-0.4, -0.2) is 25.9 Å². The number of aromatic nitrogens is 4. The van der Waals surface area contributed by atoms with E-state index in [0.717, 1.165) is 22.3 Å². The topological polar surface area (TPSA) is 98.2 Å². The Labute approximate surface area is 149 Å². The first-order valence-electron chi connectivity index (χ1n) is 8.25. The van der Waals surface area contributed by atoms with E-state index in [4.69, 9.17) is 5.26 Å². The van der Waals surface area contributed by atoms with Gasteiger partial charge in [-0.05, 0) is 42.3 Å². The maximum absolute atomic E-state index is 12.5. The Hall–Kier alpha value is -3.72. The number of ketones is 1. The number of nitrogens with zero attached hydrogens (tertiary/aromatic N) is 3. The molecule has 126 valence electrons. The summed E-state index contributed by atoms with van der Waals surface area (Å²) < 4.78 is 0. The minimum absolute atomic E-state index is 0.0526. The molecule has 0 saturated heterocycles. The first-order chi connectivity index (χ1) is 12.7. The van der Waals surface area contributed by atoms with Crippen molar-refractivity contribution in [2.24, 2.45) is 0 Å². The van der Waals surface area contributed by atoms with Gasteiger partial charge in [0.1, 0.15) is 0 Å². The summed E-state index contributed by atoms with van der Waals surface area (Å²) in [6.45, 7) is 0. The molecule has 2 N–H and O–H groups in total. The van der Waals surface area contributed by atoms with E-state index in [9.17, 15) is 4.79 Å². The molecule has 4 rings (SSSR count). The van der Waals surface area contributed by atoms with Gasteiger partial charge in [-0.3, -0.25) is 9.89 Å². The van der Waals surface area contributed by atoms with Crippen LogP contribution in [0.2, 0.25) is 0 Å². The van der Waals surface area contributed by atoms with E-state index in [2.05, 4.69) is 26.2 Å². The average Bonchev–Trinajstić information content (AvgIpc) is 3.33. The van der Waals surface area contributed by atoms with Gasteiger partial charge in [0.05, 0.1) is 23.0 Å². The van der Waals surface area contributed by atoms with E-state index in [1.807, 2.05) is 36.4 Å². The minimum Gasteiger partial charge on any atom is -0.359 e. The number of carbonyl (C=O) groups excluding carboxylic acids is 1. The van der Waals surface area contributed by atoms with Crippen LogP contribution in [0.15, 0.2) is 54.9 Å². The van der Waals surface area contributed by atoms with Crippen LogP contribution < -0.4 is 0 Å². The molecule has 0 radical (unpaired) electrons. The number of Topliss-reactive ketones (excluding diaryl/α,β-unsaturated/α-hetero) is 1. The first-order valence-corrected chi connectivity index (χ1v) is 8.25. The average molecular weight is 341 g/mol. The second-order valence-corrected chi connectivity index (χ2v) is 6.01. The predicted molar refractivity (Wildman–Crippen MR) is 97.5 cm³/mol. The number of nitriles is 1. The van der Waals surface area contributed by atoms with E-state index < -0.39 is 0 Å². The lowest BCUT2D eigenvalue weighted by Gasteiger charge is -2.00. The van der Waals surface area contributed by atoms with Gasteiger partial charge in [-0.25, -0.2) is 4.98 Å². The molecule has 0 aliphatic heterocycles. The third kappa shape index (κ3) is 2.98. The number of hydrogen-bond acceptors (Lipinski definition) is 4. The summed E-state index contributed by atoms with van der Waals surface area (Å²) in [4.78, 5) is 19.8. The molecular weight excluding hydrogens is 326 g/mol. The van der Waals surface area contributed by atoms with Gasteiger partial charge in [0.15, 0.2) is 11.4 Å². The van der Waals surface area contributed by atoms with Gasteiger partial charge in [-0.15, -0.1) is 0 Å². The molecule has 3 heterocycles. The fraction of sp³-hybridized carbons (Fsp3) is 0.100.